The van der Waals surface area contributed by atoms with E-state index >= 15 is 0 Å². The summed E-state index contributed by atoms with van der Waals surface area (Å²) in [6.45, 7) is 1.97. The van der Waals surface area contributed by atoms with Crippen molar-refractivity contribution in [1.82, 2.24) is 9.97 Å². The molecule has 0 amide bonds. The second kappa shape index (κ2) is 4.74. The van der Waals surface area contributed by atoms with Gasteiger partial charge < -0.3 is 4.74 Å². The van der Waals surface area contributed by atoms with Crippen molar-refractivity contribution in [3.8, 4) is 11.3 Å². The van der Waals surface area contributed by atoms with E-state index in [1.165, 1.54) is 13.3 Å². The maximum atomic E-state index is 11.4. The van der Waals surface area contributed by atoms with Crippen LogP contribution < -0.4 is 0 Å². The quantitative estimate of drug-likeness (QED) is 0.740. The van der Waals surface area contributed by atoms with Crippen LogP contribution in [0.3, 0.4) is 0 Å². The second-order valence-corrected chi connectivity index (χ2v) is 3.62. The van der Waals surface area contributed by atoms with Gasteiger partial charge in [0.2, 0.25) is 0 Å². The molecule has 2 heterocycles. The lowest BCUT2D eigenvalue weighted by atomic mass is 10.1. The molecule has 0 aliphatic rings. The van der Waals surface area contributed by atoms with Crippen LogP contribution in [0.4, 0.5) is 0 Å². The van der Waals surface area contributed by atoms with Gasteiger partial charge in [0.25, 0.3) is 0 Å². The van der Waals surface area contributed by atoms with Gasteiger partial charge in [-0.15, -0.1) is 0 Å². The molecule has 0 bridgehead atoms. The Kier molecular flexibility index (Phi) is 3.14. The van der Waals surface area contributed by atoms with Gasteiger partial charge in [0.1, 0.15) is 0 Å². The third-order valence-corrected chi connectivity index (χ3v) is 2.44. The number of nitrogens with zero attached hydrogens (tertiary/aromatic N) is 2. The highest BCUT2D eigenvalue weighted by atomic mass is 16.5. The number of ether oxygens (including phenoxy) is 1. The normalized spacial score (nSPS) is 10.0. The predicted octanol–water partition coefficient (Wildman–Crippen LogP) is 2.24. The van der Waals surface area contributed by atoms with Gasteiger partial charge in [0, 0.05) is 24.2 Å². The van der Waals surface area contributed by atoms with Gasteiger partial charge in [-0.05, 0) is 24.6 Å². The van der Waals surface area contributed by atoms with Crippen LogP contribution >= 0.6 is 0 Å². The number of hydrogen-bond donors (Lipinski definition) is 0. The molecule has 2 rings (SSSR count). The molecule has 17 heavy (non-hydrogen) atoms. The minimum absolute atomic E-state index is 0.395. The lowest BCUT2D eigenvalue weighted by Gasteiger charge is -2.05. The fourth-order valence-corrected chi connectivity index (χ4v) is 1.59. The van der Waals surface area contributed by atoms with Crippen molar-refractivity contribution in [2.75, 3.05) is 7.11 Å². The van der Waals surface area contributed by atoms with Gasteiger partial charge in [0.15, 0.2) is 0 Å². The molecule has 2 aromatic heterocycles. The maximum absolute atomic E-state index is 11.4. The maximum Gasteiger partial charge on any atom is 0.339 e. The number of methoxy groups -OCH3 is 1. The van der Waals surface area contributed by atoms with Crippen LogP contribution in [0, 0.1) is 6.92 Å². The van der Waals surface area contributed by atoms with Crippen LogP contribution in [-0.2, 0) is 4.74 Å². The van der Waals surface area contributed by atoms with Gasteiger partial charge in [-0.1, -0.05) is 6.07 Å². The fourth-order valence-electron chi connectivity index (χ4n) is 1.59. The summed E-state index contributed by atoms with van der Waals surface area (Å²) < 4.78 is 4.66. The molecule has 2 aromatic rings. The molecular weight excluding hydrogens is 216 g/mol. The van der Waals surface area contributed by atoms with Crippen molar-refractivity contribution in [2.24, 2.45) is 0 Å². The highest BCUT2D eigenvalue weighted by molar-refractivity contribution is 5.90. The SMILES string of the molecule is COC(=O)c1cncc(-c2ncccc2C)c1. The Morgan fingerprint density at radius 2 is 2.18 bits per heavy atom. The van der Waals surface area contributed by atoms with Gasteiger partial charge in [-0.25, -0.2) is 4.79 Å². The van der Waals surface area contributed by atoms with E-state index in [1.54, 1.807) is 18.5 Å². The van der Waals surface area contributed by atoms with E-state index in [9.17, 15) is 4.79 Å². The molecule has 0 aromatic carbocycles. The van der Waals surface area contributed by atoms with Crippen LogP contribution in [0.1, 0.15) is 15.9 Å². The standard InChI is InChI=1S/C13H12N2O2/c1-9-4-3-5-15-12(9)10-6-11(8-14-7-10)13(16)17-2/h3-8H,1-2H3. The zero-order chi connectivity index (χ0) is 12.3. The van der Waals surface area contributed by atoms with Crippen molar-refractivity contribution < 1.29 is 9.53 Å². The van der Waals surface area contributed by atoms with Gasteiger partial charge >= 0.3 is 5.97 Å². The number of aromatic nitrogens is 2. The largest absolute Gasteiger partial charge is 0.465 e. The number of hydrogen-bond acceptors (Lipinski definition) is 4. The van der Waals surface area contributed by atoms with Crippen molar-refractivity contribution in [2.45, 2.75) is 6.92 Å². The molecule has 0 atom stereocenters. The Labute approximate surface area is 99.3 Å². The van der Waals surface area contributed by atoms with Gasteiger partial charge in [0.05, 0.1) is 18.4 Å². The average Bonchev–Trinajstić information content (AvgIpc) is 2.38. The molecule has 0 saturated heterocycles. The third kappa shape index (κ3) is 2.30. The lowest BCUT2D eigenvalue weighted by Crippen LogP contribution is -2.02. The van der Waals surface area contributed by atoms with E-state index in [2.05, 4.69) is 14.7 Å². The molecule has 86 valence electrons. The molecule has 0 unspecified atom stereocenters. The Hall–Kier alpha value is -2.23. The number of aryl methyl sites for hydroxylation is 1. The van der Waals surface area contributed by atoms with Crippen LogP contribution in [0.15, 0.2) is 36.8 Å². The zero-order valence-electron chi connectivity index (χ0n) is 9.68. The molecule has 0 radical (unpaired) electrons. The minimum Gasteiger partial charge on any atom is -0.465 e. The molecule has 0 spiro atoms. The summed E-state index contributed by atoms with van der Waals surface area (Å²) >= 11 is 0. The first-order valence-corrected chi connectivity index (χ1v) is 5.17. The Morgan fingerprint density at radius 1 is 1.35 bits per heavy atom. The number of pyridine rings is 2. The van der Waals surface area contributed by atoms with Crippen LogP contribution in [0.25, 0.3) is 11.3 Å². The molecule has 4 nitrogen and oxygen atoms in total. The van der Waals surface area contributed by atoms with Crippen LogP contribution in [-0.4, -0.2) is 23.0 Å². The summed E-state index contributed by atoms with van der Waals surface area (Å²) in [7, 11) is 1.35. The van der Waals surface area contributed by atoms with Gasteiger partial charge in [-0.3, -0.25) is 9.97 Å². The van der Waals surface area contributed by atoms with Crippen molar-refractivity contribution in [3.05, 3.63) is 47.9 Å². The molecular formula is C13H12N2O2. The first-order valence-electron chi connectivity index (χ1n) is 5.17. The molecule has 0 fully saturated rings. The van der Waals surface area contributed by atoms with E-state index < -0.39 is 5.97 Å². The molecule has 0 aliphatic heterocycles. The zero-order valence-corrected chi connectivity index (χ0v) is 9.68. The van der Waals surface area contributed by atoms with Crippen molar-refractivity contribution in [1.29, 1.82) is 0 Å². The monoisotopic (exact) mass is 228 g/mol. The van der Waals surface area contributed by atoms with E-state index in [-0.39, 0.29) is 0 Å². The first-order chi connectivity index (χ1) is 8.22. The first kappa shape index (κ1) is 11.3. The van der Waals surface area contributed by atoms with E-state index in [1.807, 2.05) is 19.1 Å². The highest BCUT2D eigenvalue weighted by Crippen LogP contribution is 2.20. The van der Waals surface area contributed by atoms with Crippen molar-refractivity contribution >= 4 is 5.97 Å². The number of esters is 1. The smallest absolute Gasteiger partial charge is 0.339 e. The Morgan fingerprint density at radius 3 is 2.88 bits per heavy atom. The van der Waals surface area contributed by atoms with Gasteiger partial charge in [-0.2, -0.15) is 0 Å². The highest BCUT2D eigenvalue weighted by Gasteiger charge is 2.09. The second-order valence-electron chi connectivity index (χ2n) is 3.62. The van der Waals surface area contributed by atoms with E-state index in [0.29, 0.717) is 5.56 Å². The number of carbonyl (C=O) groups is 1. The fraction of sp³-hybridized carbons (Fsp3) is 0.154. The van der Waals surface area contributed by atoms with E-state index in [0.717, 1.165) is 16.8 Å². The minimum atomic E-state index is -0.395. The Balaban J connectivity index is 2.47. The van der Waals surface area contributed by atoms with Crippen molar-refractivity contribution in [3.63, 3.8) is 0 Å². The summed E-state index contributed by atoms with van der Waals surface area (Å²) in [6, 6.07) is 5.57. The molecule has 0 N–H and O–H groups in total. The molecule has 0 aliphatic carbocycles. The summed E-state index contributed by atoms with van der Waals surface area (Å²) in [4.78, 5) is 19.7. The molecule has 4 heteroatoms. The predicted molar refractivity (Wildman–Crippen MR) is 63.5 cm³/mol. The topological polar surface area (TPSA) is 52.1 Å². The summed E-state index contributed by atoms with van der Waals surface area (Å²) in [5.41, 5.74) is 3.10. The average molecular weight is 228 g/mol. The lowest BCUT2D eigenvalue weighted by molar-refractivity contribution is 0.0600. The molecule has 0 saturated carbocycles. The summed E-state index contributed by atoms with van der Waals surface area (Å²) in [5, 5.41) is 0. The summed E-state index contributed by atoms with van der Waals surface area (Å²) in [5.74, 6) is -0.395. The van der Waals surface area contributed by atoms with Crippen LogP contribution in [0.5, 0.6) is 0 Å². The van der Waals surface area contributed by atoms with E-state index in [4.69, 9.17) is 0 Å². The summed E-state index contributed by atoms with van der Waals surface area (Å²) in [6.07, 6.45) is 4.88. The number of carbonyl (C=O) groups excluding carboxylic acids is 1. The number of rotatable bonds is 2. The van der Waals surface area contributed by atoms with Crippen LogP contribution in [0.2, 0.25) is 0 Å². The third-order valence-electron chi connectivity index (χ3n) is 2.44. The Bertz CT molecular complexity index is 553.